The van der Waals surface area contributed by atoms with Crippen LogP contribution in [0.2, 0.25) is 0 Å². The Kier molecular flexibility index (Phi) is 7.22. The van der Waals surface area contributed by atoms with Gasteiger partial charge in [0.2, 0.25) is 5.95 Å². The molecule has 0 fully saturated rings. The monoisotopic (exact) mass is 533 g/mol. The Labute approximate surface area is 212 Å². The Morgan fingerprint density at radius 2 is 1.86 bits per heavy atom. The number of rotatable bonds is 7. The van der Waals surface area contributed by atoms with E-state index in [0.717, 1.165) is 17.8 Å². The Morgan fingerprint density at radius 3 is 2.49 bits per heavy atom. The summed E-state index contributed by atoms with van der Waals surface area (Å²) in [5, 5.41) is 2.79. The fourth-order valence-corrected chi connectivity index (χ4v) is 5.13. The predicted molar refractivity (Wildman–Crippen MR) is 130 cm³/mol. The maximum Gasteiger partial charge on any atom is 0.433 e. The number of hydrogen-bond donors (Lipinski definition) is 1. The molecule has 0 bridgehead atoms. The number of sulfone groups is 1. The van der Waals surface area contributed by atoms with Crippen LogP contribution < -0.4 is 10.2 Å². The zero-order valence-electron chi connectivity index (χ0n) is 20.5. The molecule has 4 rings (SSSR count). The van der Waals surface area contributed by atoms with Gasteiger partial charge >= 0.3 is 6.18 Å². The fourth-order valence-electron chi connectivity index (χ4n) is 4.25. The Morgan fingerprint density at radius 1 is 1.16 bits per heavy atom. The van der Waals surface area contributed by atoms with Crippen molar-refractivity contribution in [2.75, 3.05) is 10.7 Å². The molecule has 12 heteroatoms. The average molecular weight is 534 g/mol. The molecule has 0 saturated carbocycles. The van der Waals surface area contributed by atoms with E-state index in [1.54, 1.807) is 30.0 Å². The summed E-state index contributed by atoms with van der Waals surface area (Å²) < 4.78 is 63.5. The van der Waals surface area contributed by atoms with Crippen molar-refractivity contribution >= 4 is 21.7 Å². The molecule has 1 N–H and O–H groups in total. The first-order chi connectivity index (χ1) is 17.4. The molecule has 1 amide bonds. The first-order valence-electron chi connectivity index (χ1n) is 11.7. The highest BCUT2D eigenvalue weighted by Gasteiger charge is 2.38. The summed E-state index contributed by atoms with van der Waals surface area (Å²) in [7, 11) is -3.30. The number of fused-ring (bicyclic) bond motifs is 1. The lowest BCUT2D eigenvalue weighted by atomic mass is 9.99. The third-order valence-electron chi connectivity index (χ3n) is 6.16. The van der Waals surface area contributed by atoms with Gasteiger partial charge < -0.3 is 10.2 Å². The number of benzene rings is 1. The maximum absolute atomic E-state index is 13.2. The van der Waals surface area contributed by atoms with E-state index in [1.807, 2.05) is 13.8 Å². The summed E-state index contributed by atoms with van der Waals surface area (Å²) in [6, 6.07) is 8.45. The van der Waals surface area contributed by atoms with Gasteiger partial charge in [0, 0.05) is 25.5 Å². The van der Waals surface area contributed by atoms with E-state index in [-0.39, 0.29) is 47.6 Å². The third kappa shape index (κ3) is 5.58. The summed E-state index contributed by atoms with van der Waals surface area (Å²) in [4.78, 5) is 27.0. The number of pyridine rings is 1. The van der Waals surface area contributed by atoms with Crippen LogP contribution in [-0.4, -0.2) is 35.0 Å². The van der Waals surface area contributed by atoms with Gasteiger partial charge in [-0.1, -0.05) is 32.9 Å². The molecule has 0 spiro atoms. The van der Waals surface area contributed by atoms with Crippen molar-refractivity contribution < 1.29 is 26.4 Å². The second kappa shape index (κ2) is 10.1. The van der Waals surface area contributed by atoms with Gasteiger partial charge in [-0.05, 0) is 41.3 Å². The zero-order chi connectivity index (χ0) is 27.0. The molecule has 8 nitrogen and oxygen atoms in total. The van der Waals surface area contributed by atoms with E-state index in [2.05, 4.69) is 20.3 Å². The zero-order valence-corrected chi connectivity index (χ0v) is 21.3. The largest absolute Gasteiger partial charge is 0.433 e. The lowest BCUT2D eigenvalue weighted by Crippen LogP contribution is -2.28. The normalized spacial score (nSPS) is 15.6. The second-order valence-electron chi connectivity index (χ2n) is 9.05. The first-order valence-corrected chi connectivity index (χ1v) is 13.3. The summed E-state index contributed by atoms with van der Waals surface area (Å²) >= 11 is 0. The van der Waals surface area contributed by atoms with Gasteiger partial charge in [-0.25, -0.2) is 18.4 Å². The third-order valence-corrected chi connectivity index (χ3v) is 7.91. The van der Waals surface area contributed by atoms with Crippen LogP contribution in [0, 0.1) is 5.92 Å². The van der Waals surface area contributed by atoms with Crippen LogP contribution in [0.3, 0.4) is 0 Å². The minimum Gasteiger partial charge on any atom is -0.348 e. The highest BCUT2D eigenvalue weighted by Crippen LogP contribution is 2.40. The molecule has 37 heavy (non-hydrogen) atoms. The van der Waals surface area contributed by atoms with Crippen LogP contribution in [0.25, 0.3) is 0 Å². The van der Waals surface area contributed by atoms with Gasteiger partial charge in [0.25, 0.3) is 5.91 Å². The van der Waals surface area contributed by atoms with E-state index in [1.165, 1.54) is 18.3 Å². The van der Waals surface area contributed by atoms with Crippen molar-refractivity contribution in [2.45, 2.75) is 51.0 Å². The number of hydrogen-bond acceptors (Lipinski definition) is 7. The number of nitrogens with zero attached hydrogens (tertiary/aromatic N) is 4. The molecule has 0 aliphatic carbocycles. The highest BCUT2D eigenvalue weighted by atomic mass is 32.2. The smallest absolute Gasteiger partial charge is 0.348 e. The van der Waals surface area contributed by atoms with Crippen molar-refractivity contribution in [3.8, 4) is 0 Å². The van der Waals surface area contributed by atoms with E-state index in [4.69, 9.17) is 0 Å². The molecular weight excluding hydrogens is 507 g/mol. The number of amides is 1. The molecule has 3 aromatic rings. The van der Waals surface area contributed by atoms with Gasteiger partial charge in [-0.15, -0.1) is 0 Å². The topological polar surface area (TPSA) is 105 Å². The predicted octanol–water partition coefficient (Wildman–Crippen LogP) is 4.33. The Bertz CT molecular complexity index is 1410. The van der Waals surface area contributed by atoms with Crippen molar-refractivity contribution in [1.29, 1.82) is 0 Å². The minimum atomic E-state index is -4.59. The lowest BCUT2D eigenvalue weighted by molar-refractivity contribution is -0.141. The van der Waals surface area contributed by atoms with Gasteiger partial charge in [0.15, 0.2) is 9.84 Å². The molecule has 1 aliphatic rings. The highest BCUT2D eigenvalue weighted by molar-refractivity contribution is 7.91. The van der Waals surface area contributed by atoms with Crippen molar-refractivity contribution in [3.05, 3.63) is 76.9 Å². The molecule has 0 saturated heterocycles. The van der Waals surface area contributed by atoms with Crippen LogP contribution in [0.4, 0.5) is 19.1 Å². The summed E-state index contributed by atoms with van der Waals surface area (Å²) in [6.07, 6.45) is -2.06. The number of nitrogens with one attached hydrogen (secondary N) is 1. The van der Waals surface area contributed by atoms with Crippen LogP contribution in [-0.2, 0) is 29.1 Å². The SMILES string of the molecule is CCS(=O)(=O)c1ccc(CNC(=O)c2cnc3c(c2)CN(c2nccc(C(F)(F)F)n2)C3C(C)C)cc1. The van der Waals surface area contributed by atoms with Crippen LogP contribution in [0.5, 0.6) is 0 Å². The van der Waals surface area contributed by atoms with Crippen LogP contribution in [0.1, 0.15) is 59.7 Å². The molecule has 1 aromatic carbocycles. The van der Waals surface area contributed by atoms with Crippen molar-refractivity contribution in [3.63, 3.8) is 0 Å². The van der Waals surface area contributed by atoms with E-state index >= 15 is 0 Å². The molecule has 2 aromatic heterocycles. The minimum absolute atomic E-state index is 0.00337. The summed E-state index contributed by atoms with van der Waals surface area (Å²) in [5.74, 6) is -0.434. The average Bonchev–Trinajstić information content (AvgIpc) is 3.26. The molecule has 0 radical (unpaired) electrons. The standard InChI is InChI=1S/C25H26F3N5O3S/c1-4-37(35,36)19-7-5-16(6-8-19)12-31-23(34)17-11-18-14-33(22(15(2)3)21(18)30-13-17)24-29-10-9-20(32-24)25(26,27)28/h5-11,13,15,22H,4,12,14H2,1-3H3,(H,31,34). The number of alkyl halides is 3. The summed E-state index contributed by atoms with van der Waals surface area (Å²) in [5.41, 5.74) is 1.38. The molecule has 1 atom stereocenters. The molecule has 1 unspecified atom stereocenters. The number of aromatic nitrogens is 3. The van der Waals surface area contributed by atoms with Gasteiger partial charge in [-0.3, -0.25) is 9.78 Å². The van der Waals surface area contributed by atoms with Crippen LogP contribution in [0.15, 0.2) is 53.7 Å². The number of halogens is 3. The second-order valence-corrected chi connectivity index (χ2v) is 11.3. The first kappa shape index (κ1) is 26.5. The number of anilines is 1. The van der Waals surface area contributed by atoms with Crippen molar-refractivity contribution in [1.82, 2.24) is 20.3 Å². The Hall–Kier alpha value is -3.54. The number of carbonyl (C=O) groups is 1. The maximum atomic E-state index is 13.2. The quantitative estimate of drug-likeness (QED) is 0.482. The van der Waals surface area contributed by atoms with Crippen LogP contribution >= 0.6 is 0 Å². The van der Waals surface area contributed by atoms with Crippen molar-refractivity contribution in [2.24, 2.45) is 5.92 Å². The van der Waals surface area contributed by atoms with E-state index < -0.39 is 21.7 Å². The van der Waals surface area contributed by atoms with E-state index in [9.17, 15) is 26.4 Å². The van der Waals surface area contributed by atoms with Gasteiger partial charge in [-0.2, -0.15) is 13.2 Å². The lowest BCUT2D eigenvalue weighted by Gasteiger charge is -2.27. The van der Waals surface area contributed by atoms with Gasteiger partial charge in [0.05, 0.1) is 27.9 Å². The molecule has 196 valence electrons. The number of carbonyl (C=O) groups excluding carboxylic acids is 1. The fraction of sp³-hybridized carbons (Fsp3) is 0.360. The Balaban J connectivity index is 1.51. The molecular formula is C25H26F3N5O3S. The molecule has 3 heterocycles. The van der Waals surface area contributed by atoms with Gasteiger partial charge in [0.1, 0.15) is 5.69 Å². The van der Waals surface area contributed by atoms with E-state index in [0.29, 0.717) is 16.8 Å². The molecule has 1 aliphatic heterocycles. The summed E-state index contributed by atoms with van der Waals surface area (Å²) in [6.45, 7) is 5.82.